The zero-order chi connectivity index (χ0) is 35.3. The summed E-state index contributed by atoms with van der Waals surface area (Å²) < 4.78 is 19.6. The number of hydrogen-bond acceptors (Lipinski definition) is 5. The molecule has 0 radical (unpaired) electrons. The van der Waals surface area contributed by atoms with Crippen LogP contribution in [0, 0.1) is 69.5 Å². The molecular weight excluding hydrogens is 598 g/mol. The third kappa shape index (κ3) is 5.45. The lowest BCUT2D eigenvalue weighted by atomic mass is 9.42. The van der Waals surface area contributed by atoms with Crippen molar-refractivity contribution in [2.45, 2.75) is 164 Å². The fourth-order valence-corrected chi connectivity index (χ4v) is 13.7. The Kier molecular flexibility index (Phi) is 11.2. The molecule has 4 unspecified atom stereocenters. The van der Waals surface area contributed by atoms with Crippen LogP contribution in [0.25, 0.3) is 0 Å². The molecule has 0 aromatic heterocycles. The summed E-state index contributed by atoms with van der Waals surface area (Å²) in [7, 11) is 0. The summed E-state index contributed by atoms with van der Waals surface area (Å²) in [5.74, 6) is 3.80. The summed E-state index contributed by atoms with van der Waals surface area (Å²) in [5.41, 5.74) is 1.65. The second-order valence-electron chi connectivity index (χ2n) is 17.5. The highest BCUT2D eigenvalue weighted by molar-refractivity contribution is 5.76. The van der Waals surface area contributed by atoms with Crippen molar-refractivity contribution in [3.8, 4) is 12.8 Å². The zero-order valence-electron chi connectivity index (χ0n) is 32.2. The van der Waals surface area contributed by atoms with Crippen LogP contribution in [0.2, 0.25) is 0 Å². The van der Waals surface area contributed by atoms with E-state index in [2.05, 4.69) is 47.5 Å². The van der Waals surface area contributed by atoms with E-state index in [0.717, 1.165) is 24.7 Å². The number of amides is 1. The van der Waals surface area contributed by atoms with Gasteiger partial charge in [0.05, 0.1) is 38.1 Å². The molecule has 2 saturated heterocycles. The molecule has 48 heavy (non-hydrogen) atoms. The van der Waals surface area contributed by atoms with Crippen LogP contribution in [-0.2, 0) is 19.0 Å². The maximum Gasteiger partial charge on any atom is 0.223 e. The van der Waals surface area contributed by atoms with E-state index in [0.29, 0.717) is 77.5 Å². The summed E-state index contributed by atoms with van der Waals surface area (Å²) in [6.07, 6.45) is 22.6. The lowest BCUT2D eigenvalue weighted by Gasteiger charge is -2.63. The van der Waals surface area contributed by atoms with Crippen LogP contribution in [-0.4, -0.2) is 66.8 Å². The van der Waals surface area contributed by atoms with E-state index in [1.807, 2.05) is 32.6 Å². The fourth-order valence-electron chi connectivity index (χ4n) is 13.7. The van der Waals surface area contributed by atoms with Crippen molar-refractivity contribution in [3.05, 3.63) is 0 Å². The largest absolute Gasteiger partial charge is 0.394 e. The molecule has 0 bridgehead atoms. The number of nitrogens with zero attached hydrogens (tertiary/aromatic N) is 1. The van der Waals surface area contributed by atoms with Crippen molar-refractivity contribution < 1.29 is 24.1 Å². The minimum Gasteiger partial charge on any atom is -0.394 e. The van der Waals surface area contributed by atoms with Gasteiger partial charge in [0.2, 0.25) is 5.91 Å². The van der Waals surface area contributed by atoms with Crippen molar-refractivity contribution >= 4 is 5.91 Å². The highest BCUT2D eigenvalue weighted by atomic mass is 16.7. The van der Waals surface area contributed by atoms with Crippen LogP contribution in [0.4, 0.5) is 0 Å². The standard InChI is InChI=1S/C36H57NO5.2C2H6.C2H2/c1-22-35-13-12-29(42-31-20-37(16-17-40-31)30(39)18-23-6-7-23)32(2,3)27(35)10-11-28-34(5)19-26-25(9-8-24(21-38)41-26)33(34,4)14-15-36(22,28)35;3*1-2/h22-29,31,38H,6-21H2,1-5H3;2*1-2H3;1-2H/t22-,24-,25?,26-,27?,28+,29+,31?,33-,34+,35?,36+;;;/m1.../s1. The molecule has 12 atom stereocenters. The lowest BCUT2D eigenvalue weighted by Crippen LogP contribution is -2.58. The van der Waals surface area contributed by atoms with Gasteiger partial charge in [0.15, 0.2) is 6.29 Å². The second kappa shape index (κ2) is 14.1. The molecule has 6 saturated carbocycles. The Morgan fingerprint density at radius 1 is 0.875 bits per heavy atom. The van der Waals surface area contributed by atoms with Crippen LogP contribution in [0.5, 0.6) is 0 Å². The Morgan fingerprint density at radius 2 is 1.54 bits per heavy atom. The SMILES string of the molecule is C#C.CC.CC.C[C@@H]1C23CC[C@H](OC4CN(C(=O)CC5CC5)CCO4)C(C)(C)C2CC[C@@H]2[C@]13CC[C@]1(C)C3CC[C@H](CO)O[C@@H]3C[C@@]21C. The Labute approximate surface area is 294 Å². The van der Waals surface area contributed by atoms with Crippen LogP contribution >= 0.6 is 0 Å². The molecule has 8 fully saturated rings. The van der Waals surface area contributed by atoms with Crippen molar-refractivity contribution in [1.29, 1.82) is 0 Å². The number of aliphatic hydroxyl groups excluding tert-OH is 1. The third-order valence-electron chi connectivity index (χ3n) is 16.1. The number of aliphatic hydroxyl groups is 1. The van der Waals surface area contributed by atoms with Gasteiger partial charge in [-0.2, -0.15) is 0 Å². The number of rotatable bonds is 5. The van der Waals surface area contributed by atoms with Crippen molar-refractivity contribution in [3.63, 3.8) is 0 Å². The van der Waals surface area contributed by atoms with Gasteiger partial charge in [0, 0.05) is 13.0 Å². The zero-order valence-corrected chi connectivity index (χ0v) is 32.2. The average molecular weight is 670 g/mol. The molecule has 2 aliphatic heterocycles. The Hall–Kier alpha value is -1.13. The summed E-state index contributed by atoms with van der Waals surface area (Å²) in [5, 5.41) is 9.88. The van der Waals surface area contributed by atoms with Crippen LogP contribution in [0.15, 0.2) is 0 Å². The molecule has 8 rings (SSSR count). The summed E-state index contributed by atoms with van der Waals surface area (Å²) in [6, 6.07) is 0. The van der Waals surface area contributed by atoms with Crippen LogP contribution in [0.3, 0.4) is 0 Å². The first-order valence-electron chi connectivity index (χ1n) is 20.2. The molecule has 2 heterocycles. The number of carbonyl (C=O) groups excluding carboxylic acids is 1. The number of carbonyl (C=O) groups is 1. The van der Waals surface area contributed by atoms with E-state index in [9.17, 15) is 9.90 Å². The summed E-state index contributed by atoms with van der Waals surface area (Å²) in [4.78, 5) is 14.9. The molecule has 0 aromatic rings. The van der Waals surface area contributed by atoms with E-state index in [1.165, 1.54) is 57.8 Å². The van der Waals surface area contributed by atoms with E-state index < -0.39 is 0 Å². The molecule has 0 aromatic carbocycles. The highest BCUT2D eigenvalue weighted by Crippen LogP contribution is 2.91. The molecule has 2 spiro atoms. The van der Waals surface area contributed by atoms with Gasteiger partial charge in [-0.1, -0.05) is 62.3 Å². The number of ether oxygens (including phenoxy) is 3. The molecule has 8 aliphatic rings. The minimum absolute atomic E-state index is 0.0436. The van der Waals surface area contributed by atoms with Gasteiger partial charge in [-0.25, -0.2) is 0 Å². The van der Waals surface area contributed by atoms with Crippen molar-refractivity contribution in [2.24, 2.45) is 56.7 Å². The monoisotopic (exact) mass is 670 g/mol. The van der Waals surface area contributed by atoms with Gasteiger partial charge >= 0.3 is 0 Å². The molecule has 1 amide bonds. The van der Waals surface area contributed by atoms with Gasteiger partial charge in [0.1, 0.15) is 0 Å². The normalized spacial score (nSPS) is 47.7. The lowest BCUT2D eigenvalue weighted by molar-refractivity contribution is -0.246. The van der Waals surface area contributed by atoms with Crippen LogP contribution in [0.1, 0.15) is 139 Å². The Bertz CT molecular complexity index is 1150. The molecule has 1 N–H and O–H groups in total. The van der Waals surface area contributed by atoms with Gasteiger partial charge in [-0.05, 0) is 127 Å². The van der Waals surface area contributed by atoms with Gasteiger partial charge in [-0.15, -0.1) is 12.8 Å². The molecule has 6 aliphatic carbocycles. The summed E-state index contributed by atoms with van der Waals surface area (Å²) >= 11 is 0. The minimum atomic E-state index is -0.291. The topological polar surface area (TPSA) is 68.2 Å². The first-order chi connectivity index (χ1) is 23.0. The number of terminal acetylenes is 1. The maximum absolute atomic E-state index is 12.9. The number of fused-ring (bicyclic) bond motifs is 4. The second-order valence-corrected chi connectivity index (χ2v) is 17.5. The van der Waals surface area contributed by atoms with Crippen molar-refractivity contribution in [1.82, 2.24) is 4.90 Å². The predicted octanol–water partition coefficient (Wildman–Crippen LogP) is 8.49. The number of hydrogen-bond donors (Lipinski definition) is 1. The predicted molar refractivity (Wildman–Crippen MR) is 193 cm³/mol. The third-order valence-corrected chi connectivity index (χ3v) is 16.1. The quantitative estimate of drug-likeness (QED) is 0.298. The van der Waals surface area contributed by atoms with E-state index in [-0.39, 0.29) is 30.5 Å². The van der Waals surface area contributed by atoms with E-state index in [4.69, 9.17) is 14.2 Å². The van der Waals surface area contributed by atoms with Gasteiger partial charge < -0.3 is 24.2 Å². The average Bonchev–Trinajstić information content (AvgIpc) is 4.00. The summed E-state index contributed by atoms with van der Waals surface area (Å²) in [6.45, 7) is 23.0. The van der Waals surface area contributed by atoms with Gasteiger partial charge in [-0.3, -0.25) is 4.79 Å². The van der Waals surface area contributed by atoms with Crippen molar-refractivity contribution in [2.75, 3.05) is 26.3 Å². The molecule has 274 valence electrons. The molecular formula is C42H71NO5. The first-order valence-corrected chi connectivity index (χ1v) is 20.2. The maximum atomic E-state index is 12.9. The smallest absolute Gasteiger partial charge is 0.223 e. The highest BCUT2D eigenvalue weighted by Gasteiger charge is 2.86. The number of morpholine rings is 1. The Morgan fingerprint density at radius 3 is 2.21 bits per heavy atom. The first kappa shape index (κ1) is 38.1. The fraction of sp³-hybridized carbons (Fsp3) is 0.929. The van der Waals surface area contributed by atoms with E-state index >= 15 is 0 Å². The van der Waals surface area contributed by atoms with Gasteiger partial charge in [0.25, 0.3) is 0 Å². The molecule has 6 heteroatoms. The Balaban J connectivity index is 0.000000713. The van der Waals surface area contributed by atoms with E-state index in [1.54, 1.807) is 0 Å². The van der Waals surface area contributed by atoms with Crippen LogP contribution < -0.4 is 0 Å². The molecule has 6 nitrogen and oxygen atoms in total.